The lowest BCUT2D eigenvalue weighted by atomic mass is 10.1. The Hall–Kier alpha value is -2.23. The van der Waals surface area contributed by atoms with Crippen molar-refractivity contribution in [3.63, 3.8) is 0 Å². The second-order valence-corrected chi connectivity index (χ2v) is 8.15. The van der Waals surface area contributed by atoms with E-state index >= 15 is 0 Å². The number of carbonyl (C=O) groups excluding carboxylic acids is 1. The van der Waals surface area contributed by atoms with Gasteiger partial charge in [0.25, 0.3) is 0 Å². The molecule has 140 valence electrons. The molecule has 1 aromatic carbocycles. The first-order chi connectivity index (χ1) is 12.4. The molecule has 3 rings (SSSR count). The van der Waals surface area contributed by atoms with Crippen molar-refractivity contribution in [1.29, 1.82) is 0 Å². The third-order valence-corrected chi connectivity index (χ3v) is 6.44. The van der Waals surface area contributed by atoms with Gasteiger partial charge in [0.05, 0.1) is 11.1 Å². The van der Waals surface area contributed by atoms with E-state index in [1.807, 2.05) is 0 Å². The van der Waals surface area contributed by atoms with E-state index in [-0.39, 0.29) is 23.9 Å². The molecule has 1 saturated heterocycles. The summed E-state index contributed by atoms with van der Waals surface area (Å²) in [5.41, 5.74) is 0.791. The van der Waals surface area contributed by atoms with Gasteiger partial charge in [0, 0.05) is 45.0 Å². The first kappa shape index (κ1) is 18.6. The molecule has 2 heterocycles. The lowest BCUT2D eigenvalue weighted by Gasteiger charge is -2.35. The quantitative estimate of drug-likeness (QED) is 0.805. The van der Waals surface area contributed by atoms with Crippen molar-refractivity contribution in [3.05, 3.63) is 48.3 Å². The molecule has 1 amide bonds. The summed E-state index contributed by atoms with van der Waals surface area (Å²) in [6, 6.07) is 7.89. The third kappa shape index (κ3) is 3.64. The van der Waals surface area contributed by atoms with Crippen LogP contribution in [0.15, 0.2) is 47.6 Å². The molecule has 0 radical (unpaired) electrons. The molecule has 1 unspecified atom stereocenters. The zero-order chi connectivity index (χ0) is 18.7. The average Bonchev–Trinajstić information content (AvgIpc) is 3.09. The SMILES string of the molecule is CNC(C(=O)N1CCN(S(=O)(=O)c2ccccc2)CC1)c1cnn(C)c1. The number of sulfonamides is 1. The van der Waals surface area contributed by atoms with Crippen molar-refractivity contribution in [2.24, 2.45) is 7.05 Å². The van der Waals surface area contributed by atoms with Crippen molar-refractivity contribution in [1.82, 2.24) is 24.3 Å². The highest BCUT2D eigenvalue weighted by Crippen LogP contribution is 2.20. The molecular formula is C17H23N5O3S. The van der Waals surface area contributed by atoms with Crippen LogP contribution in [0.1, 0.15) is 11.6 Å². The molecule has 9 heteroatoms. The van der Waals surface area contributed by atoms with E-state index in [9.17, 15) is 13.2 Å². The molecule has 0 aliphatic carbocycles. The summed E-state index contributed by atoms with van der Waals surface area (Å²) in [6.45, 7) is 1.30. The number of aromatic nitrogens is 2. The minimum atomic E-state index is -3.52. The van der Waals surface area contributed by atoms with Crippen LogP contribution in [0.5, 0.6) is 0 Å². The van der Waals surface area contributed by atoms with E-state index in [0.29, 0.717) is 13.1 Å². The van der Waals surface area contributed by atoms with E-state index in [2.05, 4.69) is 10.4 Å². The third-order valence-electron chi connectivity index (χ3n) is 4.53. The number of carbonyl (C=O) groups is 1. The molecule has 1 atom stereocenters. The summed E-state index contributed by atoms with van der Waals surface area (Å²) in [7, 11) is 0.00798. The summed E-state index contributed by atoms with van der Waals surface area (Å²) in [6.07, 6.45) is 3.46. The van der Waals surface area contributed by atoms with Crippen molar-refractivity contribution in [2.75, 3.05) is 33.2 Å². The second kappa shape index (κ2) is 7.56. The van der Waals surface area contributed by atoms with Crippen LogP contribution >= 0.6 is 0 Å². The fourth-order valence-corrected chi connectivity index (χ4v) is 4.54. The second-order valence-electron chi connectivity index (χ2n) is 6.21. The van der Waals surface area contributed by atoms with Crippen LogP contribution in [0.2, 0.25) is 0 Å². The van der Waals surface area contributed by atoms with E-state index in [0.717, 1.165) is 5.56 Å². The number of piperazine rings is 1. The molecule has 0 bridgehead atoms. The predicted octanol–water partition coefficient (Wildman–Crippen LogP) is 0.214. The Labute approximate surface area is 153 Å². The molecule has 1 aromatic heterocycles. The molecule has 1 N–H and O–H groups in total. The Bertz CT molecular complexity index is 858. The van der Waals surface area contributed by atoms with Gasteiger partial charge in [-0.3, -0.25) is 9.48 Å². The number of amides is 1. The van der Waals surface area contributed by atoms with E-state index in [1.54, 1.807) is 66.4 Å². The number of hydrogen-bond acceptors (Lipinski definition) is 5. The summed E-state index contributed by atoms with van der Waals surface area (Å²) in [5.74, 6) is -0.0720. The van der Waals surface area contributed by atoms with E-state index in [1.165, 1.54) is 4.31 Å². The summed E-state index contributed by atoms with van der Waals surface area (Å²) < 4.78 is 28.4. The fraction of sp³-hybridized carbons (Fsp3) is 0.412. The number of nitrogens with one attached hydrogen (secondary N) is 1. The lowest BCUT2D eigenvalue weighted by molar-refractivity contribution is -0.134. The highest BCUT2D eigenvalue weighted by Gasteiger charge is 2.32. The van der Waals surface area contributed by atoms with E-state index < -0.39 is 16.1 Å². The number of likely N-dealkylation sites (N-methyl/N-ethyl adjacent to an activating group) is 1. The molecule has 0 saturated carbocycles. The molecule has 2 aromatic rings. The van der Waals surface area contributed by atoms with Crippen LogP contribution in [0.3, 0.4) is 0 Å². The standard InChI is InChI=1S/C17H23N5O3S/c1-18-16(14-12-19-20(2)13-14)17(23)21-8-10-22(11-9-21)26(24,25)15-6-4-3-5-7-15/h3-7,12-13,16,18H,8-11H2,1-2H3. The van der Waals surface area contributed by atoms with Gasteiger partial charge in [-0.1, -0.05) is 18.2 Å². The number of rotatable bonds is 5. The maximum absolute atomic E-state index is 12.8. The van der Waals surface area contributed by atoms with Gasteiger partial charge in [-0.15, -0.1) is 0 Å². The maximum Gasteiger partial charge on any atom is 0.244 e. The van der Waals surface area contributed by atoms with Crippen LogP contribution < -0.4 is 5.32 Å². The lowest BCUT2D eigenvalue weighted by Crippen LogP contribution is -2.52. The van der Waals surface area contributed by atoms with Crippen molar-refractivity contribution >= 4 is 15.9 Å². The number of aryl methyl sites for hydroxylation is 1. The van der Waals surface area contributed by atoms with Gasteiger partial charge in [-0.05, 0) is 19.2 Å². The highest BCUT2D eigenvalue weighted by atomic mass is 32.2. The Kier molecular flexibility index (Phi) is 5.40. The molecule has 1 aliphatic rings. The van der Waals surface area contributed by atoms with E-state index in [4.69, 9.17) is 0 Å². The normalized spacial score (nSPS) is 17.2. The highest BCUT2D eigenvalue weighted by molar-refractivity contribution is 7.89. The average molecular weight is 377 g/mol. The molecular weight excluding hydrogens is 354 g/mol. The topological polar surface area (TPSA) is 87.5 Å². The number of hydrogen-bond donors (Lipinski definition) is 1. The van der Waals surface area contributed by atoms with Crippen LogP contribution in [0, 0.1) is 0 Å². The maximum atomic E-state index is 12.8. The van der Waals surface area contributed by atoms with Crippen LogP contribution in [0.4, 0.5) is 0 Å². The van der Waals surface area contributed by atoms with Gasteiger partial charge in [-0.2, -0.15) is 9.40 Å². The van der Waals surface area contributed by atoms with Crippen molar-refractivity contribution in [3.8, 4) is 0 Å². The Morgan fingerprint density at radius 3 is 2.35 bits per heavy atom. The van der Waals surface area contributed by atoms with Gasteiger partial charge in [0.1, 0.15) is 6.04 Å². The summed E-state index contributed by atoms with van der Waals surface area (Å²) in [5, 5.41) is 7.13. The van der Waals surface area contributed by atoms with Gasteiger partial charge >= 0.3 is 0 Å². The summed E-state index contributed by atoms with van der Waals surface area (Å²) in [4.78, 5) is 14.8. The molecule has 1 fully saturated rings. The van der Waals surface area contributed by atoms with Crippen molar-refractivity contribution in [2.45, 2.75) is 10.9 Å². The first-order valence-electron chi connectivity index (χ1n) is 8.43. The van der Waals surface area contributed by atoms with Gasteiger partial charge in [-0.25, -0.2) is 8.42 Å². The van der Waals surface area contributed by atoms with Gasteiger partial charge in [0.2, 0.25) is 15.9 Å². The monoisotopic (exact) mass is 377 g/mol. The first-order valence-corrected chi connectivity index (χ1v) is 9.87. The fourth-order valence-electron chi connectivity index (χ4n) is 3.09. The number of nitrogens with zero attached hydrogens (tertiary/aromatic N) is 4. The van der Waals surface area contributed by atoms with Crippen LogP contribution in [-0.2, 0) is 21.9 Å². The van der Waals surface area contributed by atoms with Gasteiger partial charge in [0.15, 0.2) is 0 Å². The smallest absolute Gasteiger partial charge is 0.244 e. The molecule has 0 spiro atoms. The van der Waals surface area contributed by atoms with Crippen LogP contribution in [-0.4, -0.2) is 66.5 Å². The largest absolute Gasteiger partial charge is 0.338 e. The Balaban J connectivity index is 1.67. The minimum absolute atomic E-state index is 0.0720. The number of benzene rings is 1. The Morgan fingerprint density at radius 1 is 1.15 bits per heavy atom. The zero-order valence-electron chi connectivity index (χ0n) is 14.9. The molecule has 8 nitrogen and oxygen atoms in total. The van der Waals surface area contributed by atoms with Crippen LogP contribution in [0.25, 0.3) is 0 Å². The molecule has 1 aliphatic heterocycles. The minimum Gasteiger partial charge on any atom is -0.338 e. The van der Waals surface area contributed by atoms with Gasteiger partial charge < -0.3 is 10.2 Å². The Morgan fingerprint density at radius 2 is 1.81 bits per heavy atom. The zero-order valence-corrected chi connectivity index (χ0v) is 15.7. The summed E-state index contributed by atoms with van der Waals surface area (Å²) >= 11 is 0. The van der Waals surface area contributed by atoms with Crippen molar-refractivity contribution < 1.29 is 13.2 Å². The predicted molar refractivity (Wildman–Crippen MR) is 96.8 cm³/mol. The molecule has 26 heavy (non-hydrogen) atoms.